The highest BCUT2D eigenvalue weighted by Crippen LogP contribution is 2.31. The summed E-state index contributed by atoms with van der Waals surface area (Å²) in [7, 11) is 2.94. The van der Waals surface area contributed by atoms with Gasteiger partial charge in [-0.05, 0) is 24.3 Å². The first-order chi connectivity index (χ1) is 13.5. The van der Waals surface area contributed by atoms with Crippen molar-refractivity contribution in [1.29, 1.82) is 0 Å². The van der Waals surface area contributed by atoms with Crippen molar-refractivity contribution < 1.29 is 19.0 Å². The van der Waals surface area contributed by atoms with E-state index in [1.54, 1.807) is 18.2 Å². The number of aromatic nitrogens is 2. The highest BCUT2D eigenvalue weighted by molar-refractivity contribution is 5.85. The summed E-state index contributed by atoms with van der Waals surface area (Å²) in [6, 6.07) is 10.2. The number of ether oxygens (including phenoxy) is 2. The molecule has 9 heteroatoms. The minimum absolute atomic E-state index is 0.210. The number of hydrogen-bond acceptors (Lipinski definition) is 6. The number of benzene rings is 2. The molecule has 0 unspecified atom stereocenters. The van der Waals surface area contributed by atoms with Crippen molar-refractivity contribution in [2.45, 2.75) is 0 Å². The van der Waals surface area contributed by atoms with Crippen molar-refractivity contribution in [3.8, 4) is 23.1 Å². The molecule has 0 aliphatic heterocycles. The van der Waals surface area contributed by atoms with Crippen molar-refractivity contribution >= 4 is 11.9 Å². The molecule has 0 bridgehead atoms. The molecule has 1 heterocycles. The van der Waals surface area contributed by atoms with Crippen molar-refractivity contribution in [3.05, 3.63) is 74.7 Å². The molecule has 144 valence electrons. The second-order valence-corrected chi connectivity index (χ2v) is 5.58. The van der Waals surface area contributed by atoms with E-state index < -0.39 is 22.9 Å². The summed E-state index contributed by atoms with van der Waals surface area (Å²) in [5.74, 6) is -0.569. The fourth-order valence-electron chi connectivity index (χ4n) is 2.54. The quantitative estimate of drug-likeness (QED) is 0.655. The molecule has 2 N–H and O–H groups in total. The third kappa shape index (κ3) is 3.50. The van der Waals surface area contributed by atoms with Crippen LogP contribution >= 0.6 is 0 Å². The summed E-state index contributed by atoms with van der Waals surface area (Å²) < 4.78 is 25.0. The molecular formula is C19H16FN3O5. The minimum Gasteiger partial charge on any atom is -0.497 e. The van der Waals surface area contributed by atoms with Gasteiger partial charge in [0, 0.05) is 12.3 Å². The topological polar surface area (TPSA) is 106 Å². The lowest BCUT2D eigenvalue weighted by Gasteiger charge is -2.10. The molecule has 0 fully saturated rings. The Morgan fingerprint density at radius 2 is 1.89 bits per heavy atom. The van der Waals surface area contributed by atoms with E-state index in [2.05, 4.69) is 4.99 Å². The summed E-state index contributed by atoms with van der Waals surface area (Å²) in [5.41, 5.74) is -2.03. The number of halogens is 1. The number of para-hydroxylation sites is 1. The summed E-state index contributed by atoms with van der Waals surface area (Å²) >= 11 is 0. The zero-order chi connectivity index (χ0) is 20.3. The van der Waals surface area contributed by atoms with Gasteiger partial charge in [0.25, 0.3) is 5.56 Å². The fraction of sp³-hybridized carbons (Fsp3) is 0.105. The van der Waals surface area contributed by atoms with Crippen LogP contribution in [0, 0.1) is 5.82 Å². The number of H-pyrrole nitrogens is 1. The Morgan fingerprint density at radius 1 is 1.14 bits per heavy atom. The Bertz CT molecular complexity index is 1170. The van der Waals surface area contributed by atoms with Crippen molar-refractivity contribution in [2.75, 3.05) is 14.2 Å². The van der Waals surface area contributed by atoms with E-state index in [0.717, 1.165) is 12.3 Å². The third-order valence-corrected chi connectivity index (χ3v) is 3.93. The van der Waals surface area contributed by atoms with Crippen molar-refractivity contribution in [3.63, 3.8) is 0 Å². The molecule has 0 atom stereocenters. The Hall–Kier alpha value is -3.88. The Kier molecular flexibility index (Phi) is 5.25. The van der Waals surface area contributed by atoms with Gasteiger partial charge >= 0.3 is 5.69 Å². The average Bonchev–Trinajstić information content (AvgIpc) is 2.69. The van der Waals surface area contributed by atoms with Gasteiger partial charge in [0.1, 0.15) is 28.6 Å². The monoisotopic (exact) mass is 385 g/mol. The van der Waals surface area contributed by atoms with Gasteiger partial charge in [0.2, 0.25) is 5.88 Å². The van der Waals surface area contributed by atoms with Gasteiger partial charge < -0.3 is 14.6 Å². The second kappa shape index (κ2) is 7.78. The van der Waals surface area contributed by atoms with Crippen LogP contribution in [-0.2, 0) is 0 Å². The van der Waals surface area contributed by atoms with Gasteiger partial charge in [-0.25, -0.2) is 13.8 Å². The predicted octanol–water partition coefficient (Wildman–Crippen LogP) is 2.14. The highest BCUT2D eigenvalue weighted by atomic mass is 19.1. The smallest absolute Gasteiger partial charge is 0.335 e. The second-order valence-electron chi connectivity index (χ2n) is 5.58. The van der Waals surface area contributed by atoms with Gasteiger partial charge in [0.15, 0.2) is 0 Å². The van der Waals surface area contributed by atoms with Crippen LogP contribution in [0.15, 0.2) is 57.0 Å². The number of methoxy groups -OCH3 is 2. The summed E-state index contributed by atoms with van der Waals surface area (Å²) in [6.45, 7) is 0. The van der Waals surface area contributed by atoms with E-state index in [0.29, 0.717) is 21.8 Å². The molecule has 1 aromatic heterocycles. The third-order valence-electron chi connectivity index (χ3n) is 3.93. The van der Waals surface area contributed by atoms with Crippen LogP contribution in [0.25, 0.3) is 5.69 Å². The zero-order valence-corrected chi connectivity index (χ0v) is 15.0. The van der Waals surface area contributed by atoms with Gasteiger partial charge in [-0.1, -0.05) is 12.1 Å². The van der Waals surface area contributed by atoms with Crippen molar-refractivity contribution in [2.24, 2.45) is 4.99 Å². The lowest BCUT2D eigenvalue weighted by atomic mass is 10.2. The predicted molar refractivity (Wildman–Crippen MR) is 101 cm³/mol. The van der Waals surface area contributed by atoms with Gasteiger partial charge in [-0.15, -0.1) is 0 Å². The Morgan fingerprint density at radius 3 is 2.57 bits per heavy atom. The largest absolute Gasteiger partial charge is 0.497 e. The Balaban J connectivity index is 2.13. The highest BCUT2D eigenvalue weighted by Gasteiger charge is 2.16. The lowest BCUT2D eigenvalue weighted by Crippen LogP contribution is -2.31. The molecule has 3 rings (SSSR count). The standard InChI is InChI=1S/C19H16FN3O5/c1-27-11-7-8-14(16(9-11)28-2)21-10-12-17(24)22-19(26)23(18(12)25)15-6-4-3-5-13(15)20/h3-10,25H,1-2H3,(H,22,24,26). The van der Waals surface area contributed by atoms with Crippen LogP contribution in [0.5, 0.6) is 17.4 Å². The summed E-state index contributed by atoms with van der Waals surface area (Å²) in [4.78, 5) is 30.4. The minimum atomic E-state index is -0.980. The molecule has 0 amide bonds. The fourth-order valence-corrected chi connectivity index (χ4v) is 2.54. The zero-order valence-electron chi connectivity index (χ0n) is 15.0. The number of nitrogens with one attached hydrogen (secondary N) is 1. The van der Waals surface area contributed by atoms with Crippen LogP contribution in [0.2, 0.25) is 0 Å². The molecule has 3 aromatic rings. The maximum absolute atomic E-state index is 14.1. The molecule has 0 saturated heterocycles. The van der Waals surface area contributed by atoms with Crippen LogP contribution in [-0.4, -0.2) is 35.1 Å². The average molecular weight is 385 g/mol. The molecule has 8 nitrogen and oxygen atoms in total. The number of aromatic hydroxyl groups is 1. The van der Waals surface area contributed by atoms with E-state index >= 15 is 0 Å². The van der Waals surface area contributed by atoms with Crippen LogP contribution in [0.1, 0.15) is 5.56 Å². The van der Waals surface area contributed by atoms with E-state index in [9.17, 15) is 19.1 Å². The van der Waals surface area contributed by atoms with E-state index in [-0.39, 0.29) is 11.3 Å². The van der Waals surface area contributed by atoms with Gasteiger partial charge in [0.05, 0.1) is 19.9 Å². The number of aliphatic imine (C=N–C) groups is 1. The first-order valence-corrected chi connectivity index (χ1v) is 8.05. The SMILES string of the molecule is COc1ccc(N=Cc2c(O)n(-c3ccccc3F)c(=O)[nH]c2=O)c(OC)c1. The number of rotatable bonds is 5. The van der Waals surface area contributed by atoms with E-state index in [4.69, 9.17) is 9.47 Å². The van der Waals surface area contributed by atoms with Gasteiger partial charge in [-0.3, -0.25) is 14.8 Å². The Labute approximate surface area is 158 Å². The molecule has 2 aromatic carbocycles. The lowest BCUT2D eigenvalue weighted by molar-refractivity contribution is 0.395. The van der Waals surface area contributed by atoms with E-state index in [1.165, 1.54) is 32.4 Å². The molecular weight excluding hydrogens is 369 g/mol. The molecule has 0 radical (unpaired) electrons. The van der Waals surface area contributed by atoms with Crippen molar-refractivity contribution in [1.82, 2.24) is 9.55 Å². The maximum atomic E-state index is 14.1. The molecule has 0 spiro atoms. The normalized spacial score (nSPS) is 11.0. The number of hydrogen-bond donors (Lipinski definition) is 2. The first kappa shape index (κ1) is 18.9. The van der Waals surface area contributed by atoms with E-state index in [1.807, 2.05) is 4.98 Å². The molecule has 0 saturated carbocycles. The first-order valence-electron chi connectivity index (χ1n) is 8.05. The molecule has 0 aliphatic rings. The summed E-state index contributed by atoms with van der Waals surface area (Å²) in [5, 5.41) is 10.4. The van der Waals surface area contributed by atoms with Crippen LogP contribution in [0.4, 0.5) is 10.1 Å². The molecule has 28 heavy (non-hydrogen) atoms. The number of aromatic amines is 1. The van der Waals surface area contributed by atoms with Crippen LogP contribution < -0.4 is 20.7 Å². The molecule has 0 aliphatic carbocycles. The number of nitrogens with zero attached hydrogens (tertiary/aromatic N) is 2. The summed E-state index contributed by atoms with van der Waals surface area (Å²) in [6.07, 6.45) is 1.06. The van der Waals surface area contributed by atoms with Crippen LogP contribution in [0.3, 0.4) is 0 Å². The maximum Gasteiger partial charge on any atom is 0.335 e. The van der Waals surface area contributed by atoms with Gasteiger partial charge in [-0.2, -0.15) is 0 Å².